The van der Waals surface area contributed by atoms with Gasteiger partial charge in [-0.25, -0.2) is 23.5 Å². The highest BCUT2D eigenvalue weighted by atomic mass is 32.2. The molecule has 4 rings (SSSR count). The van der Waals surface area contributed by atoms with E-state index in [2.05, 4.69) is 24.6 Å². The lowest BCUT2D eigenvalue weighted by Crippen LogP contribution is -2.44. The standard InChI is InChI=1S/C21H21F3N6O4S2/c22-21(23,24)20-28-18(14-4-1-5-15(11-14)35-34-33-25)17(19(29-20)30-9-7-27-8-10-30)13-3-2-6-16(12-13)36(26,31)32/h1-6,11-12,27H,7-10,25H2,(H2,26,31,32). The molecule has 2 aromatic carbocycles. The molecule has 192 valence electrons. The summed E-state index contributed by atoms with van der Waals surface area (Å²) >= 11 is 0.751. The van der Waals surface area contributed by atoms with Crippen LogP contribution >= 0.6 is 12.0 Å². The van der Waals surface area contributed by atoms with E-state index in [0.717, 1.165) is 12.0 Å². The van der Waals surface area contributed by atoms with Gasteiger partial charge in [-0.1, -0.05) is 24.3 Å². The Labute approximate surface area is 208 Å². The monoisotopic (exact) mass is 542 g/mol. The molecule has 1 aromatic heterocycles. The number of hydrogen-bond acceptors (Lipinski definition) is 10. The predicted molar refractivity (Wildman–Crippen MR) is 127 cm³/mol. The topological polar surface area (TPSA) is 146 Å². The quantitative estimate of drug-likeness (QED) is 0.231. The number of benzene rings is 2. The maximum atomic E-state index is 13.9. The number of nitrogens with zero attached hydrogens (tertiary/aromatic N) is 3. The molecule has 5 N–H and O–H groups in total. The van der Waals surface area contributed by atoms with Crippen molar-refractivity contribution in [3.63, 3.8) is 0 Å². The zero-order chi connectivity index (χ0) is 25.9. The Hall–Kier alpha value is -2.79. The van der Waals surface area contributed by atoms with Crippen LogP contribution in [0.25, 0.3) is 22.4 Å². The van der Waals surface area contributed by atoms with E-state index >= 15 is 0 Å². The average molecular weight is 543 g/mol. The van der Waals surface area contributed by atoms with Crippen molar-refractivity contribution < 1.29 is 30.9 Å². The van der Waals surface area contributed by atoms with E-state index in [9.17, 15) is 21.6 Å². The van der Waals surface area contributed by atoms with Crippen LogP contribution in [-0.4, -0.2) is 44.6 Å². The Kier molecular flexibility index (Phi) is 7.79. The molecule has 0 atom stereocenters. The van der Waals surface area contributed by atoms with Crippen LogP contribution in [0.4, 0.5) is 19.0 Å². The normalized spacial score (nSPS) is 14.8. The van der Waals surface area contributed by atoms with Gasteiger partial charge in [0.15, 0.2) is 0 Å². The number of piperazine rings is 1. The van der Waals surface area contributed by atoms with Crippen LogP contribution in [0, 0.1) is 0 Å². The summed E-state index contributed by atoms with van der Waals surface area (Å²) in [4.78, 5) is 13.9. The van der Waals surface area contributed by atoms with Gasteiger partial charge in [0.05, 0.1) is 28.2 Å². The van der Waals surface area contributed by atoms with Crippen LogP contribution in [0.1, 0.15) is 5.82 Å². The molecule has 1 aliphatic rings. The van der Waals surface area contributed by atoms with Gasteiger partial charge >= 0.3 is 6.18 Å². The smallest absolute Gasteiger partial charge is 0.353 e. The molecule has 0 amide bonds. The van der Waals surface area contributed by atoms with E-state index in [1.165, 1.54) is 18.2 Å². The molecule has 3 aromatic rings. The van der Waals surface area contributed by atoms with Crippen molar-refractivity contribution in [2.75, 3.05) is 31.1 Å². The highest BCUT2D eigenvalue weighted by Gasteiger charge is 2.37. The molecule has 36 heavy (non-hydrogen) atoms. The van der Waals surface area contributed by atoms with Crippen molar-refractivity contribution in [3.05, 3.63) is 54.4 Å². The van der Waals surface area contributed by atoms with Crippen molar-refractivity contribution in [1.29, 1.82) is 0 Å². The fourth-order valence-corrected chi connectivity index (χ4v) is 4.73. The first-order chi connectivity index (χ1) is 17.1. The second kappa shape index (κ2) is 10.7. The maximum absolute atomic E-state index is 13.9. The van der Waals surface area contributed by atoms with Crippen LogP contribution in [0.5, 0.6) is 0 Å². The van der Waals surface area contributed by atoms with Crippen LogP contribution in [0.2, 0.25) is 0 Å². The van der Waals surface area contributed by atoms with Gasteiger partial charge in [-0.2, -0.15) is 19.1 Å². The van der Waals surface area contributed by atoms with Gasteiger partial charge in [-0.15, -0.1) is 9.32 Å². The molecule has 0 spiro atoms. The Bertz CT molecular complexity index is 1350. The number of primary sulfonamides is 1. The number of nitrogens with two attached hydrogens (primary N) is 2. The van der Waals surface area contributed by atoms with E-state index in [0.29, 0.717) is 42.2 Å². The summed E-state index contributed by atoms with van der Waals surface area (Å²) in [6.07, 6.45) is -4.83. The zero-order valence-corrected chi connectivity index (χ0v) is 20.2. The Morgan fingerprint density at radius 2 is 1.72 bits per heavy atom. The molecule has 15 heteroatoms. The van der Waals surface area contributed by atoms with Gasteiger partial charge in [0.2, 0.25) is 15.8 Å². The number of hydrogen-bond donors (Lipinski definition) is 3. The van der Waals surface area contributed by atoms with Crippen molar-refractivity contribution in [2.24, 2.45) is 11.0 Å². The summed E-state index contributed by atoms with van der Waals surface area (Å²) in [7, 11) is -4.09. The number of nitrogens with one attached hydrogen (secondary N) is 1. The van der Waals surface area contributed by atoms with E-state index in [4.69, 9.17) is 11.0 Å². The van der Waals surface area contributed by atoms with E-state index in [1.54, 1.807) is 35.2 Å². The summed E-state index contributed by atoms with van der Waals surface area (Å²) in [5.41, 5.74) is 0.779. The van der Waals surface area contributed by atoms with Crippen molar-refractivity contribution in [3.8, 4) is 22.4 Å². The van der Waals surface area contributed by atoms with Crippen LogP contribution < -0.4 is 21.3 Å². The van der Waals surface area contributed by atoms with Gasteiger partial charge in [-0.05, 0) is 29.8 Å². The molecule has 0 unspecified atom stereocenters. The SMILES string of the molecule is NOOSc1cccc(-c2nc(C(F)(F)F)nc(N3CCNCC3)c2-c2cccc(S(N)(=O)=O)c2)c1. The highest BCUT2D eigenvalue weighted by Crippen LogP contribution is 2.41. The van der Waals surface area contributed by atoms with Crippen LogP contribution in [0.15, 0.2) is 58.3 Å². The first kappa shape index (κ1) is 26.3. The number of aromatic nitrogens is 2. The molecule has 1 aliphatic heterocycles. The molecule has 0 aliphatic carbocycles. The summed E-state index contributed by atoms with van der Waals surface area (Å²) < 4.78 is 70.5. The van der Waals surface area contributed by atoms with Gasteiger partial charge in [0.1, 0.15) is 5.82 Å². The summed E-state index contributed by atoms with van der Waals surface area (Å²) in [5.74, 6) is 3.59. The second-order valence-corrected chi connectivity index (χ2v) is 10.0. The number of anilines is 1. The minimum absolute atomic E-state index is 0.0278. The van der Waals surface area contributed by atoms with Crippen molar-refractivity contribution in [2.45, 2.75) is 16.0 Å². The fourth-order valence-electron chi connectivity index (χ4n) is 3.74. The number of halogens is 3. The lowest BCUT2D eigenvalue weighted by molar-refractivity contribution is -0.195. The number of rotatable bonds is 7. The van der Waals surface area contributed by atoms with Crippen LogP contribution in [0.3, 0.4) is 0 Å². The first-order valence-electron chi connectivity index (χ1n) is 10.5. The molecule has 0 radical (unpaired) electrons. The third-order valence-corrected chi connectivity index (χ3v) is 6.79. The van der Waals surface area contributed by atoms with Crippen molar-refractivity contribution in [1.82, 2.24) is 15.3 Å². The van der Waals surface area contributed by atoms with E-state index in [1.807, 2.05) is 0 Å². The lowest BCUT2D eigenvalue weighted by atomic mass is 9.98. The highest BCUT2D eigenvalue weighted by molar-refractivity contribution is 7.94. The minimum Gasteiger partial charge on any atom is -0.353 e. The number of sulfonamides is 1. The van der Waals surface area contributed by atoms with E-state index in [-0.39, 0.29) is 22.0 Å². The molecule has 10 nitrogen and oxygen atoms in total. The zero-order valence-electron chi connectivity index (χ0n) is 18.5. The Morgan fingerprint density at radius 1 is 1.03 bits per heavy atom. The molecule has 1 saturated heterocycles. The summed E-state index contributed by atoms with van der Waals surface area (Å²) in [5, 5.41) is 8.47. The minimum atomic E-state index is -4.83. The maximum Gasteiger partial charge on any atom is 0.451 e. The average Bonchev–Trinajstić information content (AvgIpc) is 2.86. The van der Waals surface area contributed by atoms with Gasteiger partial charge in [0, 0.05) is 36.6 Å². The summed E-state index contributed by atoms with van der Waals surface area (Å²) in [6.45, 7) is 1.82. The van der Waals surface area contributed by atoms with E-state index < -0.39 is 22.0 Å². The van der Waals surface area contributed by atoms with Crippen molar-refractivity contribution >= 4 is 27.9 Å². The van der Waals surface area contributed by atoms with Gasteiger partial charge in [0.25, 0.3) is 0 Å². The summed E-state index contributed by atoms with van der Waals surface area (Å²) in [6, 6.07) is 12.0. The Morgan fingerprint density at radius 3 is 2.39 bits per heavy atom. The third kappa shape index (κ3) is 5.95. The van der Waals surface area contributed by atoms with Crippen LogP contribution in [-0.2, 0) is 25.5 Å². The first-order valence-corrected chi connectivity index (χ1v) is 12.8. The number of alkyl halides is 3. The molecule has 2 heterocycles. The van der Waals surface area contributed by atoms with Gasteiger partial charge < -0.3 is 10.2 Å². The molecular weight excluding hydrogens is 521 g/mol. The fraction of sp³-hybridized carbons (Fsp3) is 0.238. The third-order valence-electron chi connectivity index (χ3n) is 5.29. The molecular formula is C21H21F3N6O4S2. The lowest BCUT2D eigenvalue weighted by Gasteiger charge is -2.31. The molecule has 0 saturated carbocycles. The molecule has 1 fully saturated rings. The predicted octanol–water partition coefficient (Wildman–Crippen LogP) is 2.72. The molecule has 0 bridgehead atoms. The Balaban J connectivity index is 2.03. The largest absolute Gasteiger partial charge is 0.451 e. The van der Waals surface area contributed by atoms with Gasteiger partial charge in [-0.3, -0.25) is 0 Å². The second-order valence-electron chi connectivity index (χ2n) is 7.68.